The van der Waals surface area contributed by atoms with Crippen LogP contribution in [0.2, 0.25) is 0 Å². The Hall–Kier alpha value is -0.270. The van der Waals surface area contributed by atoms with E-state index < -0.39 is 43.2 Å². The molecule has 15 heavy (non-hydrogen) atoms. The predicted molar refractivity (Wildman–Crippen MR) is 46.7 cm³/mol. The van der Waals surface area contributed by atoms with Gasteiger partial charge in [-0.15, -0.1) is 0 Å². The maximum absolute atomic E-state index is 12.2. The fourth-order valence-corrected chi connectivity index (χ4v) is 1.92. The van der Waals surface area contributed by atoms with Crippen molar-refractivity contribution in [2.24, 2.45) is 0 Å². The molecule has 6 heteroatoms. The van der Waals surface area contributed by atoms with Crippen LogP contribution in [0.1, 0.15) is 13.8 Å². The lowest BCUT2D eigenvalue weighted by Gasteiger charge is -2.24. The third-order valence-electron chi connectivity index (χ3n) is 2.59. The fourth-order valence-electron chi connectivity index (χ4n) is 1.92. The van der Waals surface area contributed by atoms with Crippen LogP contribution in [-0.4, -0.2) is 53.4 Å². The van der Waals surface area contributed by atoms with Gasteiger partial charge in [-0.1, -0.05) is 0 Å². The van der Waals surface area contributed by atoms with Crippen molar-refractivity contribution in [3.8, 4) is 0 Å². The van der Waals surface area contributed by atoms with Crippen molar-refractivity contribution in [2.75, 3.05) is 6.67 Å². The topological polar surface area (TPSA) is 68.2 Å². The average molecular weight is 222 g/mol. The second kappa shape index (κ2) is 3.64. The van der Waals surface area contributed by atoms with Crippen molar-refractivity contribution in [1.29, 1.82) is 0 Å². The molecule has 2 saturated heterocycles. The summed E-state index contributed by atoms with van der Waals surface area (Å²) in [4.78, 5) is 0. The summed E-state index contributed by atoms with van der Waals surface area (Å²) >= 11 is 0. The Bertz CT molecular complexity index is 247. The summed E-state index contributed by atoms with van der Waals surface area (Å²) in [5.41, 5.74) is 0. The lowest BCUT2D eigenvalue weighted by molar-refractivity contribution is -0.226. The third-order valence-corrected chi connectivity index (χ3v) is 2.59. The van der Waals surface area contributed by atoms with E-state index in [1.54, 1.807) is 13.8 Å². The SMILES string of the molecule is CC1(C)OC2C(O)[C@@H](C(O)CF)O[C@H]2O1. The first-order valence-corrected chi connectivity index (χ1v) is 4.88. The zero-order chi connectivity index (χ0) is 11.2. The molecule has 2 N–H and O–H groups in total. The van der Waals surface area contributed by atoms with Gasteiger partial charge in [-0.3, -0.25) is 0 Å². The molecule has 0 radical (unpaired) electrons. The lowest BCUT2D eigenvalue weighted by atomic mass is 10.1. The molecule has 2 aliphatic heterocycles. The maximum atomic E-state index is 12.2. The van der Waals surface area contributed by atoms with Gasteiger partial charge in [0.25, 0.3) is 0 Å². The number of aliphatic hydroxyl groups is 2. The normalized spacial score (nSPS) is 45.4. The molecule has 0 saturated carbocycles. The number of hydrogen-bond acceptors (Lipinski definition) is 5. The molecule has 0 spiro atoms. The number of hydrogen-bond donors (Lipinski definition) is 2. The number of fused-ring (bicyclic) bond motifs is 1. The summed E-state index contributed by atoms with van der Waals surface area (Å²) in [5, 5.41) is 19.0. The van der Waals surface area contributed by atoms with E-state index in [1.807, 2.05) is 0 Å². The maximum Gasteiger partial charge on any atom is 0.190 e. The molecule has 0 amide bonds. The minimum Gasteiger partial charge on any atom is -0.388 e. The van der Waals surface area contributed by atoms with Crippen molar-refractivity contribution in [2.45, 2.75) is 50.3 Å². The Balaban J connectivity index is 2.05. The van der Waals surface area contributed by atoms with Gasteiger partial charge >= 0.3 is 0 Å². The summed E-state index contributed by atoms with van der Waals surface area (Å²) < 4.78 is 28.1. The molecule has 0 aromatic carbocycles. The monoisotopic (exact) mass is 222 g/mol. The fraction of sp³-hybridized carbons (Fsp3) is 1.00. The molecule has 5 nitrogen and oxygen atoms in total. The van der Waals surface area contributed by atoms with E-state index >= 15 is 0 Å². The van der Waals surface area contributed by atoms with Gasteiger partial charge in [0.1, 0.15) is 31.1 Å². The Kier molecular flexibility index (Phi) is 2.72. The Morgan fingerprint density at radius 3 is 2.60 bits per heavy atom. The number of halogens is 1. The molecule has 2 fully saturated rings. The third kappa shape index (κ3) is 1.88. The molecular weight excluding hydrogens is 207 g/mol. The molecular formula is C9H15FO5. The highest BCUT2D eigenvalue weighted by molar-refractivity contribution is 4.95. The quantitative estimate of drug-likeness (QED) is 0.662. The van der Waals surface area contributed by atoms with E-state index in [0.29, 0.717) is 0 Å². The molecule has 5 atom stereocenters. The van der Waals surface area contributed by atoms with Gasteiger partial charge in [-0.2, -0.15) is 0 Å². The molecule has 2 aliphatic rings. The van der Waals surface area contributed by atoms with Crippen LogP contribution in [0.25, 0.3) is 0 Å². The second-order valence-corrected chi connectivity index (χ2v) is 4.28. The molecule has 0 aromatic heterocycles. The number of rotatable bonds is 2. The van der Waals surface area contributed by atoms with Crippen LogP contribution < -0.4 is 0 Å². The highest BCUT2D eigenvalue weighted by Gasteiger charge is 2.55. The van der Waals surface area contributed by atoms with E-state index in [1.165, 1.54) is 0 Å². The molecule has 3 unspecified atom stereocenters. The van der Waals surface area contributed by atoms with Crippen molar-refractivity contribution < 1.29 is 28.8 Å². The Labute approximate surface area is 86.7 Å². The van der Waals surface area contributed by atoms with E-state index in [4.69, 9.17) is 14.2 Å². The lowest BCUT2D eigenvalue weighted by Crippen LogP contribution is -2.41. The van der Waals surface area contributed by atoms with Gasteiger partial charge in [0.15, 0.2) is 12.1 Å². The molecule has 2 rings (SSSR count). The van der Waals surface area contributed by atoms with Gasteiger partial charge in [0, 0.05) is 0 Å². The van der Waals surface area contributed by atoms with Gasteiger partial charge in [-0.25, -0.2) is 4.39 Å². The highest BCUT2D eigenvalue weighted by Crippen LogP contribution is 2.38. The first-order valence-electron chi connectivity index (χ1n) is 4.88. The number of alkyl halides is 1. The van der Waals surface area contributed by atoms with Gasteiger partial charge in [-0.05, 0) is 13.8 Å². The van der Waals surface area contributed by atoms with Crippen molar-refractivity contribution >= 4 is 0 Å². The molecule has 0 aliphatic carbocycles. The summed E-state index contributed by atoms with van der Waals surface area (Å²) in [6, 6.07) is 0. The number of ether oxygens (including phenoxy) is 3. The first kappa shape index (κ1) is 11.2. The van der Waals surface area contributed by atoms with E-state index in [9.17, 15) is 14.6 Å². The highest BCUT2D eigenvalue weighted by atomic mass is 19.1. The Morgan fingerprint density at radius 1 is 1.40 bits per heavy atom. The van der Waals surface area contributed by atoms with Crippen molar-refractivity contribution in [1.82, 2.24) is 0 Å². The standard InChI is InChI=1S/C9H15FO5/c1-9(2)14-7-5(12)6(4(11)3-10)13-8(7)15-9/h4-8,11-12H,3H2,1-2H3/t4?,5?,6-,7?,8+/m1/s1. The van der Waals surface area contributed by atoms with E-state index in [-0.39, 0.29) is 0 Å². The summed E-state index contributed by atoms with van der Waals surface area (Å²) in [5.74, 6) is -0.818. The zero-order valence-corrected chi connectivity index (χ0v) is 8.59. The van der Waals surface area contributed by atoms with Crippen molar-refractivity contribution in [3.05, 3.63) is 0 Å². The van der Waals surface area contributed by atoms with Crippen LogP contribution in [0.4, 0.5) is 4.39 Å². The van der Waals surface area contributed by atoms with Gasteiger partial charge in [0.05, 0.1) is 0 Å². The smallest absolute Gasteiger partial charge is 0.190 e. The van der Waals surface area contributed by atoms with Crippen LogP contribution in [0.3, 0.4) is 0 Å². The van der Waals surface area contributed by atoms with Gasteiger partial charge < -0.3 is 24.4 Å². The molecule has 0 aromatic rings. The van der Waals surface area contributed by atoms with Crippen LogP contribution in [0.15, 0.2) is 0 Å². The summed E-state index contributed by atoms with van der Waals surface area (Å²) in [6.45, 7) is 2.43. The van der Waals surface area contributed by atoms with E-state index in [0.717, 1.165) is 0 Å². The minimum atomic E-state index is -1.35. The second-order valence-electron chi connectivity index (χ2n) is 4.28. The first-order chi connectivity index (χ1) is 6.94. The molecule has 88 valence electrons. The van der Waals surface area contributed by atoms with E-state index in [2.05, 4.69) is 0 Å². The Morgan fingerprint density at radius 2 is 2.07 bits per heavy atom. The van der Waals surface area contributed by atoms with Crippen LogP contribution in [-0.2, 0) is 14.2 Å². The largest absolute Gasteiger partial charge is 0.388 e. The van der Waals surface area contributed by atoms with Gasteiger partial charge in [0.2, 0.25) is 0 Å². The van der Waals surface area contributed by atoms with Crippen LogP contribution in [0, 0.1) is 0 Å². The summed E-state index contributed by atoms with van der Waals surface area (Å²) in [6.07, 6.45) is -4.79. The summed E-state index contributed by atoms with van der Waals surface area (Å²) in [7, 11) is 0. The predicted octanol–water partition coefficient (Wildman–Crippen LogP) is -0.446. The zero-order valence-electron chi connectivity index (χ0n) is 8.59. The average Bonchev–Trinajstić information content (AvgIpc) is 2.60. The number of aliphatic hydroxyl groups excluding tert-OH is 2. The van der Waals surface area contributed by atoms with Crippen molar-refractivity contribution in [3.63, 3.8) is 0 Å². The van der Waals surface area contributed by atoms with Crippen LogP contribution in [0.5, 0.6) is 0 Å². The minimum absolute atomic E-state index is 0.661. The molecule has 0 bridgehead atoms. The van der Waals surface area contributed by atoms with Crippen LogP contribution >= 0.6 is 0 Å². The molecule has 2 heterocycles.